The van der Waals surface area contributed by atoms with Gasteiger partial charge in [0.25, 0.3) is 0 Å². The van der Waals surface area contributed by atoms with Gasteiger partial charge in [-0.2, -0.15) is 5.26 Å². The molecule has 76 valence electrons. The second kappa shape index (κ2) is 4.16. The fourth-order valence-corrected chi connectivity index (χ4v) is 1.88. The second-order valence-electron chi connectivity index (χ2n) is 3.44. The lowest BCUT2D eigenvalue weighted by Gasteiger charge is -1.98. The molecule has 2 aromatic rings. The molecule has 0 aliphatic rings. The zero-order valence-corrected chi connectivity index (χ0v) is 8.33. The van der Waals surface area contributed by atoms with Crippen LogP contribution in [0.1, 0.15) is 11.3 Å². The van der Waals surface area contributed by atoms with Crippen LogP contribution >= 0.6 is 0 Å². The number of aromatic amines is 1. The van der Waals surface area contributed by atoms with Gasteiger partial charge in [-0.15, -0.1) is 0 Å². The highest BCUT2D eigenvalue weighted by atomic mass is 16.2. The Morgan fingerprint density at radius 3 is 2.87 bits per heavy atom. The Balaban J connectivity index is 2.59. The third-order valence-corrected chi connectivity index (χ3v) is 2.52. The van der Waals surface area contributed by atoms with E-state index in [1.54, 1.807) is 0 Å². The maximum atomic E-state index is 8.99. The van der Waals surface area contributed by atoms with Crippen LogP contribution in [0.2, 0.25) is 0 Å². The van der Waals surface area contributed by atoms with Gasteiger partial charge < -0.3 is 10.1 Å². The molecular formula is C12H12N2O. The van der Waals surface area contributed by atoms with Crippen LogP contribution in [0.15, 0.2) is 24.3 Å². The molecule has 0 radical (unpaired) electrons. The molecule has 0 saturated heterocycles. The van der Waals surface area contributed by atoms with Gasteiger partial charge in [0, 0.05) is 23.2 Å². The molecule has 2 rings (SSSR count). The van der Waals surface area contributed by atoms with Crippen molar-refractivity contribution in [1.82, 2.24) is 4.98 Å². The third kappa shape index (κ3) is 1.72. The van der Waals surface area contributed by atoms with Gasteiger partial charge in [0.05, 0.1) is 12.5 Å². The Labute approximate surface area is 88.0 Å². The monoisotopic (exact) mass is 200 g/mol. The van der Waals surface area contributed by atoms with E-state index in [-0.39, 0.29) is 6.61 Å². The molecular weight excluding hydrogens is 188 g/mol. The van der Waals surface area contributed by atoms with Crippen LogP contribution < -0.4 is 0 Å². The molecule has 0 atom stereocenters. The molecule has 1 aromatic heterocycles. The molecule has 2 N–H and O–H groups in total. The van der Waals surface area contributed by atoms with Crippen LogP contribution in [-0.4, -0.2) is 16.7 Å². The van der Waals surface area contributed by atoms with Gasteiger partial charge in [0.2, 0.25) is 0 Å². The van der Waals surface area contributed by atoms with Gasteiger partial charge in [-0.1, -0.05) is 18.2 Å². The minimum absolute atomic E-state index is 0.111. The van der Waals surface area contributed by atoms with E-state index in [9.17, 15) is 0 Å². The van der Waals surface area contributed by atoms with Crippen molar-refractivity contribution in [2.45, 2.75) is 12.8 Å². The normalized spacial score (nSPS) is 10.4. The molecule has 0 unspecified atom stereocenters. The first-order valence-electron chi connectivity index (χ1n) is 4.93. The Bertz CT molecular complexity index is 508. The van der Waals surface area contributed by atoms with Gasteiger partial charge >= 0.3 is 0 Å². The van der Waals surface area contributed by atoms with Gasteiger partial charge in [-0.25, -0.2) is 0 Å². The van der Waals surface area contributed by atoms with Crippen molar-refractivity contribution in [3.63, 3.8) is 0 Å². The van der Waals surface area contributed by atoms with E-state index >= 15 is 0 Å². The predicted molar refractivity (Wildman–Crippen MR) is 58.4 cm³/mol. The molecule has 0 aliphatic carbocycles. The predicted octanol–water partition coefficient (Wildman–Crippen LogP) is 1.77. The summed E-state index contributed by atoms with van der Waals surface area (Å²) >= 11 is 0. The number of nitriles is 1. The summed E-state index contributed by atoms with van der Waals surface area (Å²) in [6, 6.07) is 10.0. The highest BCUT2D eigenvalue weighted by Crippen LogP contribution is 2.22. The molecule has 0 fully saturated rings. The summed E-state index contributed by atoms with van der Waals surface area (Å²) in [5.74, 6) is 0. The Morgan fingerprint density at radius 1 is 1.33 bits per heavy atom. The van der Waals surface area contributed by atoms with E-state index in [1.165, 1.54) is 0 Å². The SMILES string of the molecule is N#CCc1[nH]c2ccccc2c1CCO. The van der Waals surface area contributed by atoms with Crippen LogP contribution in [0.3, 0.4) is 0 Å². The molecule has 3 heteroatoms. The van der Waals surface area contributed by atoms with E-state index in [4.69, 9.17) is 10.4 Å². The molecule has 15 heavy (non-hydrogen) atoms. The largest absolute Gasteiger partial charge is 0.396 e. The second-order valence-corrected chi connectivity index (χ2v) is 3.44. The maximum Gasteiger partial charge on any atom is 0.0755 e. The van der Waals surface area contributed by atoms with Crippen molar-refractivity contribution >= 4 is 10.9 Å². The average Bonchev–Trinajstić information content (AvgIpc) is 2.59. The van der Waals surface area contributed by atoms with Gasteiger partial charge in [0.15, 0.2) is 0 Å². The molecule has 0 bridgehead atoms. The van der Waals surface area contributed by atoms with E-state index in [1.807, 2.05) is 24.3 Å². The van der Waals surface area contributed by atoms with Gasteiger partial charge in [-0.05, 0) is 18.1 Å². The number of fused-ring (bicyclic) bond motifs is 1. The first-order chi connectivity index (χ1) is 7.36. The van der Waals surface area contributed by atoms with Crippen LogP contribution in [0.4, 0.5) is 0 Å². The number of aliphatic hydroxyl groups excluding tert-OH is 1. The van der Waals surface area contributed by atoms with Crippen molar-refractivity contribution in [2.75, 3.05) is 6.61 Å². The van der Waals surface area contributed by atoms with Gasteiger partial charge in [-0.3, -0.25) is 0 Å². The summed E-state index contributed by atoms with van der Waals surface area (Å²) in [5, 5.41) is 18.8. The minimum atomic E-state index is 0.111. The summed E-state index contributed by atoms with van der Waals surface area (Å²) in [6.45, 7) is 0.111. The van der Waals surface area contributed by atoms with Crippen LogP contribution in [0.5, 0.6) is 0 Å². The van der Waals surface area contributed by atoms with Crippen LogP contribution in [0, 0.1) is 11.3 Å². The van der Waals surface area contributed by atoms with E-state index < -0.39 is 0 Å². The number of para-hydroxylation sites is 1. The molecule has 0 spiro atoms. The fraction of sp³-hybridized carbons (Fsp3) is 0.250. The Morgan fingerprint density at radius 2 is 2.13 bits per heavy atom. The lowest BCUT2D eigenvalue weighted by Crippen LogP contribution is -1.94. The molecule has 0 saturated carbocycles. The summed E-state index contributed by atoms with van der Waals surface area (Å²) in [7, 11) is 0. The standard InChI is InChI=1S/C12H12N2O/c13-7-5-12-10(6-8-15)9-3-1-2-4-11(9)14-12/h1-4,14-15H,5-6,8H2. The summed E-state index contributed by atoms with van der Waals surface area (Å²) in [4.78, 5) is 3.22. The molecule has 1 heterocycles. The number of rotatable bonds is 3. The lowest BCUT2D eigenvalue weighted by atomic mass is 10.1. The van der Waals surface area contributed by atoms with Crippen molar-refractivity contribution in [3.05, 3.63) is 35.5 Å². The van der Waals surface area contributed by atoms with Gasteiger partial charge in [0.1, 0.15) is 0 Å². The van der Waals surface area contributed by atoms with Crippen molar-refractivity contribution in [2.24, 2.45) is 0 Å². The number of nitrogens with one attached hydrogen (secondary N) is 1. The highest BCUT2D eigenvalue weighted by Gasteiger charge is 2.09. The Hall–Kier alpha value is -1.79. The number of aliphatic hydroxyl groups is 1. The van der Waals surface area contributed by atoms with Crippen LogP contribution in [-0.2, 0) is 12.8 Å². The van der Waals surface area contributed by atoms with Crippen molar-refractivity contribution in [3.8, 4) is 6.07 Å². The van der Waals surface area contributed by atoms with Crippen molar-refractivity contribution in [1.29, 1.82) is 5.26 Å². The lowest BCUT2D eigenvalue weighted by molar-refractivity contribution is 0.299. The molecule has 0 amide bonds. The zero-order chi connectivity index (χ0) is 10.7. The molecule has 0 aliphatic heterocycles. The highest BCUT2D eigenvalue weighted by molar-refractivity contribution is 5.84. The zero-order valence-electron chi connectivity index (χ0n) is 8.33. The Kier molecular flexibility index (Phi) is 2.70. The maximum absolute atomic E-state index is 8.99. The number of hydrogen-bond donors (Lipinski definition) is 2. The first-order valence-corrected chi connectivity index (χ1v) is 4.93. The quantitative estimate of drug-likeness (QED) is 0.793. The smallest absolute Gasteiger partial charge is 0.0755 e. The first kappa shape index (κ1) is 9.75. The van der Waals surface area contributed by atoms with E-state index in [2.05, 4.69) is 11.1 Å². The topological polar surface area (TPSA) is 59.8 Å². The number of H-pyrrole nitrogens is 1. The average molecular weight is 200 g/mol. The number of aromatic nitrogens is 1. The summed E-state index contributed by atoms with van der Waals surface area (Å²) in [5.41, 5.74) is 3.02. The fourth-order valence-electron chi connectivity index (χ4n) is 1.88. The minimum Gasteiger partial charge on any atom is -0.396 e. The summed E-state index contributed by atoms with van der Waals surface area (Å²) < 4.78 is 0. The van der Waals surface area contributed by atoms with Crippen molar-refractivity contribution < 1.29 is 5.11 Å². The molecule has 3 nitrogen and oxygen atoms in total. The number of hydrogen-bond acceptors (Lipinski definition) is 2. The van der Waals surface area contributed by atoms with Crippen LogP contribution in [0.25, 0.3) is 10.9 Å². The van der Waals surface area contributed by atoms with E-state index in [0.29, 0.717) is 12.8 Å². The number of benzene rings is 1. The molecule has 1 aromatic carbocycles. The van der Waals surface area contributed by atoms with E-state index in [0.717, 1.165) is 22.2 Å². The summed E-state index contributed by atoms with van der Waals surface area (Å²) in [6.07, 6.45) is 0.963. The number of nitrogens with zero attached hydrogens (tertiary/aromatic N) is 1. The third-order valence-electron chi connectivity index (χ3n) is 2.52.